The van der Waals surface area contributed by atoms with Crippen molar-refractivity contribution < 1.29 is 0 Å². The van der Waals surface area contributed by atoms with Crippen molar-refractivity contribution in [3.05, 3.63) is 53.3 Å². The van der Waals surface area contributed by atoms with Gasteiger partial charge in [0.15, 0.2) is 0 Å². The lowest BCUT2D eigenvalue weighted by atomic mass is 10.1. The molecule has 2 heterocycles. The van der Waals surface area contributed by atoms with E-state index >= 15 is 0 Å². The molecule has 1 aliphatic heterocycles. The molecule has 1 atom stereocenters. The monoisotopic (exact) mass is 273 g/mol. The average Bonchev–Trinajstić information content (AvgIpc) is 2.42. The van der Waals surface area contributed by atoms with Gasteiger partial charge in [-0.15, -0.1) is 0 Å². The van der Waals surface area contributed by atoms with E-state index in [1.54, 1.807) is 12.3 Å². The van der Waals surface area contributed by atoms with E-state index in [4.69, 9.17) is 11.6 Å². The van der Waals surface area contributed by atoms with E-state index in [-0.39, 0.29) is 0 Å². The van der Waals surface area contributed by atoms with Crippen molar-refractivity contribution in [3.8, 4) is 0 Å². The summed E-state index contributed by atoms with van der Waals surface area (Å²) in [5.74, 6) is 0. The topological polar surface area (TPSA) is 28.2 Å². The Morgan fingerprint density at radius 2 is 2.21 bits per heavy atom. The first-order valence-electron chi connectivity index (χ1n) is 6.44. The number of hydrogen-bond donors (Lipinski definition) is 1. The van der Waals surface area contributed by atoms with Gasteiger partial charge in [0.25, 0.3) is 0 Å². The van der Waals surface area contributed by atoms with E-state index in [0.717, 1.165) is 23.8 Å². The number of nitrogens with zero attached hydrogens (tertiary/aromatic N) is 2. The number of halogens is 1. The number of pyridine rings is 1. The predicted octanol–water partition coefficient (Wildman–Crippen LogP) is 3.56. The Hall–Kier alpha value is -1.74. The van der Waals surface area contributed by atoms with Gasteiger partial charge in [-0.2, -0.15) is 0 Å². The van der Waals surface area contributed by atoms with Crippen LogP contribution in [0.5, 0.6) is 0 Å². The minimum absolute atomic E-state index is 0.427. The van der Waals surface area contributed by atoms with Crippen LogP contribution in [0.25, 0.3) is 0 Å². The Balaban J connectivity index is 1.91. The van der Waals surface area contributed by atoms with Gasteiger partial charge >= 0.3 is 0 Å². The molecule has 0 bridgehead atoms. The summed E-state index contributed by atoms with van der Waals surface area (Å²) in [6, 6.07) is 12.5. The number of nitrogens with one attached hydrogen (secondary N) is 1. The van der Waals surface area contributed by atoms with Crippen LogP contribution in [-0.4, -0.2) is 17.6 Å². The molecule has 19 heavy (non-hydrogen) atoms. The molecule has 0 amide bonds. The number of para-hydroxylation sites is 2. The molecule has 1 N–H and O–H groups in total. The summed E-state index contributed by atoms with van der Waals surface area (Å²) >= 11 is 6.03. The molecule has 0 aliphatic carbocycles. The second kappa shape index (κ2) is 5.10. The van der Waals surface area contributed by atoms with Crippen LogP contribution >= 0.6 is 11.6 Å². The normalized spacial score (nSPS) is 17.8. The molecule has 98 valence electrons. The fraction of sp³-hybridized carbons (Fsp3) is 0.267. The Morgan fingerprint density at radius 1 is 1.37 bits per heavy atom. The number of hydrogen-bond acceptors (Lipinski definition) is 3. The highest BCUT2D eigenvalue weighted by molar-refractivity contribution is 6.30. The quantitative estimate of drug-likeness (QED) is 0.907. The van der Waals surface area contributed by atoms with Gasteiger partial charge in [0, 0.05) is 23.8 Å². The van der Waals surface area contributed by atoms with E-state index in [9.17, 15) is 0 Å². The number of aromatic nitrogens is 1. The van der Waals surface area contributed by atoms with Crippen LogP contribution in [0, 0.1) is 0 Å². The zero-order valence-electron chi connectivity index (χ0n) is 10.8. The number of anilines is 2. The highest BCUT2D eigenvalue weighted by Gasteiger charge is 2.22. The van der Waals surface area contributed by atoms with Crippen LogP contribution in [0.3, 0.4) is 0 Å². The molecule has 1 aromatic heterocycles. The summed E-state index contributed by atoms with van der Waals surface area (Å²) in [7, 11) is 0. The molecule has 1 aromatic carbocycles. The zero-order chi connectivity index (χ0) is 13.2. The van der Waals surface area contributed by atoms with Gasteiger partial charge in [0.2, 0.25) is 0 Å². The molecule has 3 rings (SSSR count). The van der Waals surface area contributed by atoms with E-state index in [1.165, 1.54) is 11.4 Å². The summed E-state index contributed by atoms with van der Waals surface area (Å²) in [5, 5.41) is 4.19. The summed E-state index contributed by atoms with van der Waals surface area (Å²) in [6.07, 6.45) is 1.76. The molecular weight excluding hydrogens is 258 g/mol. The molecule has 2 aromatic rings. The van der Waals surface area contributed by atoms with E-state index in [0.29, 0.717) is 6.04 Å². The van der Waals surface area contributed by atoms with E-state index < -0.39 is 0 Å². The molecule has 0 saturated carbocycles. The summed E-state index contributed by atoms with van der Waals surface area (Å²) in [4.78, 5) is 6.76. The Kier molecular flexibility index (Phi) is 3.30. The zero-order valence-corrected chi connectivity index (χ0v) is 11.6. The molecule has 1 unspecified atom stereocenters. The largest absolute Gasteiger partial charge is 0.381 e. The minimum Gasteiger partial charge on any atom is -0.381 e. The third-order valence-corrected chi connectivity index (χ3v) is 3.68. The summed E-state index contributed by atoms with van der Waals surface area (Å²) in [6.45, 7) is 3.94. The molecule has 0 radical (unpaired) electrons. The highest BCUT2D eigenvalue weighted by Crippen LogP contribution is 2.32. The van der Waals surface area contributed by atoms with Crippen LogP contribution in [0.4, 0.5) is 11.4 Å². The van der Waals surface area contributed by atoms with Crippen molar-refractivity contribution in [2.24, 2.45) is 0 Å². The molecule has 0 fully saturated rings. The van der Waals surface area contributed by atoms with Crippen molar-refractivity contribution in [1.29, 1.82) is 0 Å². The van der Waals surface area contributed by atoms with Gasteiger partial charge in [-0.25, -0.2) is 0 Å². The van der Waals surface area contributed by atoms with Crippen molar-refractivity contribution in [2.75, 3.05) is 16.8 Å². The highest BCUT2D eigenvalue weighted by atomic mass is 35.5. The lowest BCUT2D eigenvalue weighted by Crippen LogP contribution is -2.41. The van der Waals surface area contributed by atoms with Crippen molar-refractivity contribution in [3.63, 3.8) is 0 Å². The second-order valence-corrected chi connectivity index (χ2v) is 5.28. The van der Waals surface area contributed by atoms with Gasteiger partial charge in [-0.3, -0.25) is 4.98 Å². The maximum atomic E-state index is 6.03. The predicted molar refractivity (Wildman–Crippen MR) is 79.8 cm³/mol. The van der Waals surface area contributed by atoms with Gasteiger partial charge in [0.05, 0.1) is 23.6 Å². The third kappa shape index (κ3) is 2.51. The third-order valence-electron chi connectivity index (χ3n) is 3.44. The van der Waals surface area contributed by atoms with Gasteiger partial charge in [0.1, 0.15) is 0 Å². The van der Waals surface area contributed by atoms with Gasteiger partial charge < -0.3 is 10.2 Å². The van der Waals surface area contributed by atoms with Gasteiger partial charge in [-0.1, -0.05) is 23.7 Å². The molecule has 0 saturated heterocycles. The van der Waals surface area contributed by atoms with Crippen LogP contribution in [-0.2, 0) is 6.54 Å². The van der Waals surface area contributed by atoms with Crippen molar-refractivity contribution >= 4 is 23.0 Å². The first-order valence-corrected chi connectivity index (χ1v) is 6.82. The number of benzene rings is 1. The molecular formula is C15H16ClN3. The second-order valence-electron chi connectivity index (χ2n) is 4.84. The van der Waals surface area contributed by atoms with Crippen LogP contribution < -0.4 is 10.2 Å². The van der Waals surface area contributed by atoms with E-state index in [2.05, 4.69) is 46.4 Å². The number of fused-ring (bicyclic) bond motifs is 1. The van der Waals surface area contributed by atoms with Crippen LogP contribution in [0.2, 0.25) is 5.02 Å². The Labute approximate surface area is 118 Å². The lowest BCUT2D eigenvalue weighted by Gasteiger charge is -2.37. The van der Waals surface area contributed by atoms with Crippen LogP contribution in [0.1, 0.15) is 12.6 Å². The molecule has 3 nitrogen and oxygen atoms in total. The SMILES string of the molecule is CC1CNc2ccccc2N1Cc1cc(Cl)ccn1. The first kappa shape index (κ1) is 12.3. The maximum absolute atomic E-state index is 6.03. The first-order chi connectivity index (χ1) is 9.24. The standard InChI is InChI=1S/C15H16ClN3/c1-11-9-18-14-4-2-3-5-15(14)19(11)10-13-8-12(16)6-7-17-13/h2-8,11,18H,9-10H2,1H3. The van der Waals surface area contributed by atoms with Gasteiger partial charge in [-0.05, 0) is 31.2 Å². The van der Waals surface area contributed by atoms with Crippen molar-refractivity contribution in [1.82, 2.24) is 4.98 Å². The smallest absolute Gasteiger partial charge is 0.0611 e. The molecule has 0 spiro atoms. The fourth-order valence-electron chi connectivity index (χ4n) is 2.43. The Bertz CT molecular complexity index is 585. The summed E-state index contributed by atoms with van der Waals surface area (Å²) < 4.78 is 0. The fourth-order valence-corrected chi connectivity index (χ4v) is 2.61. The average molecular weight is 274 g/mol. The molecule has 4 heteroatoms. The van der Waals surface area contributed by atoms with E-state index in [1.807, 2.05) is 6.07 Å². The Morgan fingerprint density at radius 3 is 3.05 bits per heavy atom. The number of rotatable bonds is 2. The maximum Gasteiger partial charge on any atom is 0.0611 e. The molecule has 1 aliphatic rings. The van der Waals surface area contributed by atoms with Crippen molar-refractivity contribution in [2.45, 2.75) is 19.5 Å². The van der Waals surface area contributed by atoms with Crippen LogP contribution in [0.15, 0.2) is 42.6 Å². The minimum atomic E-state index is 0.427. The lowest BCUT2D eigenvalue weighted by molar-refractivity contribution is 0.635. The summed E-state index contributed by atoms with van der Waals surface area (Å²) in [5.41, 5.74) is 3.40.